The highest BCUT2D eigenvalue weighted by Gasteiger charge is 2.40. The highest BCUT2D eigenvalue weighted by atomic mass is 19.4. The molecule has 1 atom stereocenters. The van der Waals surface area contributed by atoms with Gasteiger partial charge in [-0.05, 0) is 18.4 Å². The second-order valence-corrected chi connectivity index (χ2v) is 5.11. The quantitative estimate of drug-likeness (QED) is 0.907. The topological polar surface area (TPSA) is 40.5 Å². The summed E-state index contributed by atoms with van der Waals surface area (Å²) in [5.41, 5.74) is -0.634. The average molecular weight is 287 g/mol. The van der Waals surface area contributed by atoms with Gasteiger partial charge < -0.3 is 10.0 Å². The van der Waals surface area contributed by atoms with Crippen molar-refractivity contribution in [2.24, 2.45) is 0 Å². The Morgan fingerprint density at radius 1 is 1.30 bits per heavy atom. The number of hydrogen-bond donors (Lipinski definition) is 1. The highest BCUT2D eigenvalue weighted by Crippen LogP contribution is 2.32. The average Bonchev–Trinajstić information content (AvgIpc) is 2.38. The van der Waals surface area contributed by atoms with E-state index in [0.29, 0.717) is 18.4 Å². The summed E-state index contributed by atoms with van der Waals surface area (Å²) in [5, 5.41) is 10.6. The Bertz CT molecular complexity index is 475. The van der Waals surface area contributed by atoms with E-state index < -0.39 is 24.1 Å². The molecule has 0 spiro atoms. The fourth-order valence-electron chi connectivity index (χ4n) is 2.52. The summed E-state index contributed by atoms with van der Waals surface area (Å²) in [7, 11) is 0. The van der Waals surface area contributed by atoms with Crippen LogP contribution in [-0.4, -0.2) is 35.2 Å². The van der Waals surface area contributed by atoms with Crippen molar-refractivity contribution in [1.82, 2.24) is 4.90 Å². The molecule has 0 radical (unpaired) electrons. The first-order valence-electron chi connectivity index (χ1n) is 6.43. The summed E-state index contributed by atoms with van der Waals surface area (Å²) in [6.07, 6.45) is -5.07. The molecule has 20 heavy (non-hydrogen) atoms. The third-order valence-electron chi connectivity index (χ3n) is 3.49. The Kier molecular flexibility index (Phi) is 4.04. The van der Waals surface area contributed by atoms with Gasteiger partial charge in [0.25, 0.3) is 0 Å². The van der Waals surface area contributed by atoms with Crippen LogP contribution in [0.2, 0.25) is 0 Å². The maximum atomic E-state index is 12.3. The van der Waals surface area contributed by atoms with Gasteiger partial charge in [0, 0.05) is 6.54 Å². The van der Waals surface area contributed by atoms with E-state index in [1.165, 1.54) is 0 Å². The van der Waals surface area contributed by atoms with Crippen LogP contribution in [0.15, 0.2) is 30.3 Å². The largest absolute Gasteiger partial charge is 0.397 e. The van der Waals surface area contributed by atoms with Gasteiger partial charge in [-0.25, -0.2) is 0 Å². The number of amides is 1. The SMILES string of the molecule is O=C(CC(F)(F)F)N1CCCC(O)(c2ccccc2)C1. The summed E-state index contributed by atoms with van der Waals surface area (Å²) in [4.78, 5) is 12.7. The number of likely N-dealkylation sites (tertiary alicyclic amines) is 1. The van der Waals surface area contributed by atoms with Gasteiger partial charge in [-0.15, -0.1) is 0 Å². The van der Waals surface area contributed by atoms with Crippen LogP contribution in [0.3, 0.4) is 0 Å². The summed E-state index contributed by atoms with van der Waals surface area (Å²) in [6, 6.07) is 8.74. The predicted octanol–water partition coefficient (Wildman–Crippen LogP) is 2.45. The van der Waals surface area contributed by atoms with Crippen molar-refractivity contribution < 1.29 is 23.1 Å². The minimum absolute atomic E-state index is 0.0913. The number of alkyl halides is 3. The Morgan fingerprint density at radius 2 is 1.95 bits per heavy atom. The maximum absolute atomic E-state index is 12.3. The number of nitrogens with zero attached hydrogens (tertiary/aromatic N) is 1. The van der Waals surface area contributed by atoms with Gasteiger partial charge in [-0.3, -0.25) is 4.79 Å². The molecule has 6 heteroatoms. The number of β-amino-alcohol motifs (C(OH)–C–C–N with tert-alkyl or cyclic N) is 1. The molecule has 1 aromatic rings. The number of piperidine rings is 1. The first kappa shape index (κ1) is 14.8. The van der Waals surface area contributed by atoms with Gasteiger partial charge in [0.1, 0.15) is 12.0 Å². The van der Waals surface area contributed by atoms with Gasteiger partial charge >= 0.3 is 6.18 Å². The number of halogens is 3. The molecule has 110 valence electrons. The normalized spacial score (nSPS) is 23.7. The van der Waals surface area contributed by atoms with Gasteiger partial charge in [0.05, 0.1) is 6.54 Å². The molecule has 1 heterocycles. The van der Waals surface area contributed by atoms with Crippen molar-refractivity contribution in [3.05, 3.63) is 35.9 Å². The summed E-state index contributed by atoms with van der Waals surface area (Å²) in [5.74, 6) is -0.980. The Labute approximate surface area is 115 Å². The van der Waals surface area contributed by atoms with Crippen molar-refractivity contribution in [2.75, 3.05) is 13.1 Å². The molecule has 0 aromatic heterocycles. The lowest BCUT2D eigenvalue weighted by Gasteiger charge is -2.39. The van der Waals surface area contributed by atoms with Crippen LogP contribution in [0.25, 0.3) is 0 Å². The van der Waals surface area contributed by atoms with Crippen molar-refractivity contribution in [3.63, 3.8) is 0 Å². The van der Waals surface area contributed by atoms with Crippen LogP contribution < -0.4 is 0 Å². The van der Waals surface area contributed by atoms with Gasteiger partial charge in [0.15, 0.2) is 0 Å². The van der Waals surface area contributed by atoms with Crippen LogP contribution in [0, 0.1) is 0 Å². The van der Waals surface area contributed by atoms with E-state index in [1.54, 1.807) is 30.3 Å². The minimum atomic E-state index is -4.51. The maximum Gasteiger partial charge on any atom is 0.397 e. The van der Waals surface area contributed by atoms with E-state index >= 15 is 0 Å². The molecular weight excluding hydrogens is 271 g/mol. The van der Waals surface area contributed by atoms with Crippen LogP contribution in [0.1, 0.15) is 24.8 Å². The molecule has 0 aliphatic carbocycles. The second kappa shape index (κ2) is 5.44. The highest BCUT2D eigenvalue weighted by molar-refractivity contribution is 5.77. The molecule has 1 saturated heterocycles. The monoisotopic (exact) mass is 287 g/mol. The molecule has 2 rings (SSSR count). The van der Waals surface area contributed by atoms with Crippen molar-refractivity contribution in [1.29, 1.82) is 0 Å². The fraction of sp³-hybridized carbons (Fsp3) is 0.500. The standard InChI is InChI=1S/C14H16F3NO2/c15-14(16,17)9-12(19)18-8-4-7-13(20,10-18)11-5-2-1-3-6-11/h1-3,5-6,20H,4,7-10H2. The van der Waals surface area contributed by atoms with Crippen LogP contribution >= 0.6 is 0 Å². The van der Waals surface area contributed by atoms with Crippen molar-refractivity contribution >= 4 is 5.91 Å². The Morgan fingerprint density at radius 3 is 2.55 bits per heavy atom. The first-order chi connectivity index (χ1) is 9.30. The van der Waals surface area contributed by atoms with E-state index in [9.17, 15) is 23.1 Å². The lowest BCUT2D eigenvalue weighted by atomic mass is 9.85. The van der Waals surface area contributed by atoms with Crippen molar-refractivity contribution in [2.45, 2.75) is 31.0 Å². The lowest BCUT2D eigenvalue weighted by molar-refractivity contribution is -0.166. The molecule has 1 unspecified atom stereocenters. The number of benzene rings is 1. The minimum Gasteiger partial charge on any atom is -0.383 e. The Balaban J connectivity index is 2.11. The molecule has 3 nitrogen and oxygen atoms in total. The number of carbonyl (C=O) groups is 1. The number of hydrogen-bond acceptors (Lipinski definition) is 2. The zero-order chi connectivity index (χ0) is 14.8. The lowest BCUT2D eigenvalue weighted by Crippen LogP contribution is -2.49. The molecule has 0 saturated carbocycles. The number of carbonyl (C=O) groups excluding carboxylic acids is 1. The van der Waals surface area contributed by atoms with Crippen LogP contribution in [0.5, 0.6) is 0 Å². The molecular formula is C14H16F3NO2. The predicted molar refractivity (Wildman–Crippen MR) is 66.8 cm³/mol. The summed E-state index contributed by atoms with van der Waals surface area (Å²) in [6.45, 7) is 0.163. The zero-order valence-electron chi connectivity index (χ0n) is 10.9. The molecule has 1 aromatic carbocycles. The summed E-state index contributed by atoms with van der Waals surface area (Å²) < 4.78 is 36.8. The molecule has 1 aliphatic heterocycles. The van der Waals surface area contributed by atoms with E-state index in [4.69, 9.17) is 0 Å². The van der Waals surface area contributed by atoms with Gasteiger partial charge in [-0.1, -0.05) is 30.3 Å². The molecule has 1 N–H and O–H groups in total. The second-order valence-electron chi connectivity index (χ2n) is 5.11. The van der Waals surface area contributed by atoms with Crippen molar-refractivity contribution in [3.8, 4) is 0 Å². The Hall–Kier alpha value is -1.56. The molecule has 1 amide bonds. The third kappa shape index (κ3) is 3.50. The van der Waals surface area contributed by atoms with Gasteiger partial charge in [0.2, 0.25) is 5.91 Å². The molecule has 1 fully saturated rings. The molecule has 1 aliphatic rings. The zero-order valence-corrected chi connectivity index (χ0v) is 10.9. The van der Waals surface area contributed by atoms with Gasteiger partial charge in [-0.2, -0.15) is 13.2 Å². The smallest absolute Gasteiger partial charge is 0.383 e. The first-order valence-corrected chi connectivity index (χ1v) is 6.43. The van der Waals surface area contributed by atoms with E-state index in [2.05, 4.69) is 0 Å². The van der Waals surface area contributed by atoms with E-state index in [-0.39, 0.29) is 13.1 Å². The third-order valence-corrected chi connectivity index (χ3v) is 3.49. The fourth-order valence-corrected chi connectivity index (χ4v) is 2.52. The van der Waals surface area contributed by atoms with Crippen LogP contribution in [-0.2, 0) is 10.4 Å². The molecule has 0 bridgehead atoms. The van der Waals surface area contributed by atoms with E-state index in [0.717, 1.165) is 4.90 Å². The number of rotatable bonds is 2. The number of aliphatic hydroxyl groups is 1. The van der Waals surface area contributed by atoms with E-state index in [1.807, 2.05) is 0 Å². The summed E-state index contributed by atoms with van der Waals surface area (Å²) >= 11 is 0. The van der Waals surface area contributed by atoms with Crippen LogP contribution in [0.4, 0.5) is 13.2 Å².